The van der Waals surface area contributed by atoms with Gasteiger partial charge in [0, 0.05) is 17.2 Å². The van der Waals surface area contributed by atoms with Crippen LogP contribution >= 0.6 is 0 Å². The number of para-hydroxylation sites is 2. The molecular weight excluding hydrogens is 423 g/mol. The van der Waals surface area contributed by atoms with E-state index in [-0.39, 0.29) is 12.3 Å². The van der Waals surface area contributed by atoms with E-state index in [2.05, 4.69) is 46.4 Å². The molecule has 1 aromatic heterocycles. The van der Waals surface area contributed by atoms with Crippen molar-refractivity contribution in [3.63, 3.8) is 0 Å². The minimum atomic E-state index is -0.283. The van der Waals surface area contributed by atoms with Gasteiger partial charge in [0.25, 0.3) is 6.71 Å². The quantitative estimate of drug-likeness (QED) is 0.379. The van der Waals surface area contributed by atoms with Crippen LogP contribution < -0.4 is 25.9 Å². The Morgan fingerprint density at radius 2 is 1.41 bits per heavy atom. The highest BCUT2D eigenvalue weighted by Gasteiger charge is 2.40. The second-order valence-electron chi connectivity index (χ2n) is 9.51. The number of aliphatic imine (C=N–C) groups is 1. The molecule has 0 atom stereocenters. The van der Waals surface area contributed by atoms with Crippen molar-refractivity contribution in [3.05, 3.63) is 84.7 Å². The van der Waals surface area contributed by atoms with Crippen LogP contribution in [0.25, 0.3) is 11.1 Å². The molecule has 3 aromatic carbocycles. The molecule has 34 heavy (non-hydrogen) atoms. The maximum atomic E-state index is 6.39. The van der Waals surface area contributed by atoms with Gasteiger partial charge < -0.3 is 14.2 Å². The van der Waals surface area contributed by atoms with Crippen LogP contribution in [0.2, 0.25) is 0 Å². The van der Waals surface area contributed by atoms with Crippen LogP contribution in [-0.2, 0) is 4.74 Å². The summed E-state index contributed by atoms with van der Waals surface area (Å²) < 4.78 is 18.7. The van der Waals surface area contributed by atoms with Gasteiger partial charge in [-0.2, -0.15) is 0 Å². The maximum absolute atomic E-state index is 6.39. The fourth-order valence-electron chi connectivity index (χ4n) is 4.97. The lowest BCUT2D eigenvalue weighted by Gasteiger charge is -2.33. The van der Waals surface area contributed by atoms with Crippen molar-refractivity contribution in [2.24, 2.45) is 4.99 Å². The van der Waals surface area contributed by atoms with Gasteiger partial charge in [-0.05, 0) is 60.7 Å². The van der Waals surface area contributed by atoms with Crippen LogP contribution in [0, 0.1) is 0 Å². The fourth-order valence-corrected chi connectivity index (χ4v) is 4.97. The van der Waals surface area contributed by atoms with E-state index in [9.17, 15) is 0 Å². The second kappa shape index (κ2) is 6.97. The number of ether oxygens (including phenoxy) is 3. The molecule has 7 rings (SSSR count). The molecule has 0 amide bonds. The van der Waals surface area contributed by atoms with E-state index in [0.29, 0.717) is 12.4 Å². The van der Waals surface area contributed by atoms with E-state index in [1.807, 2.05) is 56.4 Å². The lowest BCUT2D eigenvalue weighted by Crippen LogP contribution is -2.57. The summed E-state index contributed by atoms with van der Waals surface area (Å²) in [6, 6.07) is 24.7. The Kier molecular flexibility index (Phi) is 3.98. The monoisotopic (exact) mass is 444 g/mol. The van der Waals surface area contributed by atoms with Gasteiger partial charge in [-0.3, -0.25) is 4.98 Å². The lowest BCUT2D eigenvalue weighted by molar-refractivity contribution is 0.131. The number of nitrogens with zero attached hydrogens (tertiary/aromatic N) is 2. The van der Waals surface area contributed by atoms with Gasteiger partial charge in [0.1, 0.15) is 34.3 Å². The SMILES string of the molecule is CC1(C)CN=C(c2ccc(-c3cc4c5c(c3)Oc3ccccc3B5c3ccccc3O4)cn2)O1. The first-order chi connectivity index (χ1) is 16.6. The third kappa shape index (κ3) is 2.95. The standard InChI is InChI=1S/C28H21BN2O3/c1-28(2)16-31-27(34-28)21-12-11-17(15-30-21)18-13-24-26-25(14-18)33-23-10-6-4-8-20(23)29(26)19-7-3-5-9-22(19)32-24/h3-15H,16H2,1-2H3. The van der Waals surface area contributed by atoms with Crippen molar-refractivity contribution in [2.45, 2.75) is 19.4 Å². The molecule has 0 radical (unpaired) electrons. The Labute approximate surface area is 198 Å². The van der Waals surface area contributed by atoms with Crippen LogP contribution in [0.15, 0.2) is 84.0 Å². The summed E-state index contributed by atoms with van der Waals surface area (Å²) in [6.45, 7) is 4.77. The molecule has 0 unspecified atom stereocenters. The Morgan fingerprint density at radius 1 is 0.765 bits per heavy atom. The zero-order chi connectivity index (χ0) is 22.9. The smallest absolute Gasteiger partial charge is 0.260 e. The molecular formula is C28H21BN2O3. The normalized spacial score (nSPS) is 16.3. The van der Waals surface area contributed by atoms with Gasteiger partial charge in [0.05, 0.1) is 6.54 Å². The molecule has 0 N–H and O–H groups in total. The van der Waals surface area contributed by atoms with Crippen molar-refractivity contribution >= 4 is 29.0 Å². The Morgan fingerprint density at radius 3 is 1.97 bits per heavy atom. The fraction of sp³-hybridized carbons (Fsp3) is 0.143. The molecule has 5 nitrogen and oxygen atoms in total. The molecule has 0 aliphatic carbocycles. The van der Waals surface area contributed by atoms with Gasteiger partial charge in [0.2, 0.25) is 5.90 Å². The summed E-state index contributed by atoms with van der Waals surface area (Å²) in [5.74, 6) is 4.00. The van der Waals surface area contributed by atoms with E-state index >= 15 is 0 Å². The summed E-state index contributed by atoms with van der Waals surface area (Å²) in [4.78, 5) is 9.13. The van der Waals surface area contributed by atoms with Crippen molar-refractivity contribution < 1.29 is 14.2 Å². The Balaban J connectivity index is 1.33. The number of benzene rings is 3. The number of fused-ring (bicyclic) bond motifs is 4. The molecule has 3 aliphatic rings. The summed E-state index contributed by atoms with van der Waals surface area (Å²) in [7, 11) is 0. The van der Waals surface area contributed by atoms with Crippen molar-refractivity contribution in [1.82, 2.24) is 4.98 Å². The molecule has 0 fully saturated rings. The summed E-state index contributed by atoms with van der Waals surface area (Å²) in [5, 5.41) is 0. The highest BCUT2D eigenvalue weighted by molar-refractivity contribution is 6.98. The highest BCUT2D eigenvalue weighted by atomic mass is 16.5. The predicted octanol–water partition coefficient (Wildman–Crippen LogP) is 4.03. The number of hydrogen-bond donors (Lipinski definition) is 0. The second-order valence-corrected chi connectivity index (χ2v) is 9.51. The van der Waals surface area contributed by atoms with Crippen LogP contribution in [0.1, 0.15) is 19.5 Å². The molecule has 164 valence electrons. The van der Waals surface area contributed by atoms with Crippen molar-refractivity contribution in [2.75, 3.05) is 6.54 Å². The number of hydrogen-bond acceptors (Lipinski definition) is 5. The molecule has 0 bridgehead atoms. The molecule has 3 aliphatic heterocycles. The first-order valence-electron chi connectivity index (χ1n) is 11.5. The van der Waals surface area contributed by atoms with Gasteiger partial charge >= 0.3 is 0 Å². The van der Waals surface area contributed by atoms with E-state index in [1.54, 1.807) is 0 Å². The average Bonchev–Trinajstić information content (AvgIpc) is 3.23. The third-order valence-electron chi connectivity index (χ3n) is 6.58. The summed E-state index contributed by atoms with van der Waals surface area (Å²) in [5.41, 5.74) is 5.80. The minimum Gasteiger partial charge on any atom is -0.468 e. The van der Waals surface area contributed by atoms with E-state index in [1.165, 1.54) is 0 Å². The molecule has 0 spiro atoms. The van der Waals surface area contributed by atoms with Crippen LogP contribution in [0.4, 0.5) is 0 Å². The Hall–Kier alpha value is -4.06. The van der Waals surface area contributed by atoms with Crippen molar-refractivity contribution in [1.29, 1.82) is 0 Å². The highest BCUT2D eigenvalue weighted by Crippen LogP contribution is 2.38. The summed E-state index contributed by atoms with van der Waals surface area (Å²) >= 11 is 0. The first kappa shape index (κ1) is 19.4. The van der Waals surface area contributed by atoms with E-state index in [0.717, 1.165) is 56.2 Å². The summed E-state index contributed by atoms with van der Waals surface area (Å²) in [6.07, 6.45) is 1.85. The lowest BCUT2D eigenvalue weighted by atomic mass is 9.35. The van der Waals surface area contributed by atoms with E-state index in [4.69, 9.17) is 14.2 Å². The zero-order valence-corrected chi connectivity index (χ0v) is 18.9. The molecule has 4 heterocycles. The number of aromatic nitrogens is 1. The number of rotatable bonds is 2. The van der Waals surface area contributed by atoms with Crippen molar-refractivity contribution in [3.8, 4) is 34.1 Å². The maximum Gasteiger partial charge on any atom is 0.260 e. The zero-order valence-electron chi connectivity index (χ0n) is 18.9. The van der Waals surface area contributed by atoms with Gasteiger partial charge in [-0.15, -0.1) is 0 Å². The van der Waals surface area contributed by atoms with Gasteiger partial charge in [-0.1, -0.05) is 42.5 Å². The van der Waals surface area contributed by atoms with E-state index < -0.39 is 0 Å². The molecule has 0 saturated heterocycles. The number of pyridine rings is 1. The topological polar surface area (TPSA) is 52.9 Å². The molecule has 4 aromatic rings. The predicted molar refractivity (Wildman–Crippen MR) is 134 cm³/mol. The van der Waals surface area contributed by atoms with Gasteiger partial charge in [0.15, 0.2) is 0 Å². The Bertz CT molecular complexity index is 1420. The van der Waals surface area contributed by atoms with Gasteiger partial charge in [-0.25, -0.2) is 4.99 Å². The largest absolute Gasteiger partial charge is 0.468 e. The van der Waals surface area contributed by atoms with Crippen LogP contribution in [0.3, 0.4) is 0 Å². The molecule has 6 heteroatoms. The average molecular weight is 444 g/mol. The van der Waals surface area contributed by atoms with Crippen LogP contribution in [0.5, 0.6) is 23.0 Å². The minimum absolute atomic E-state index is 0.0790. The first-order valence-corrected chi connectivity index (χ1v) is 11.5. The third-order valence-corrected chi connectivity index (χ3v) is 6.58. The molecule has 0 saturated carbocycles. The van der Waals surface area contributed by atoms with Crippen LogP contribution in [-0.4, -0.2) is 29.7 Å².